The lowest BCUT2D eigenvalue weighted by molar-refractivity contribution is -0.0932. The lowest BCUT2D eigenvalue weighted by Crippen LogP contribution is -2.39. The van der Waals surface area contributed by atoms with Crippen molar-refractivity contribution in [1.29, 1.82) is 0 Å². The van der Waals surface area contributed by atoms with Gasteiger partial charge >= 0.3 is 0 Å². The van der Waals surface area contributed by atoms with Crippen LogP contribution in [0.3, 0.4) is 0 Å². The molecule has 1 heteroatoms. The highest BCUT2D eigenvalue weighted by atomic mass is 16.5. The van der Waals surface area contributed by atoms with Crippen molar-refractivity contribution in [1.82, 2.24) is 0 Å². The molecule has 1 nitrogen and oxygen atoms in total. The highest BCUT2D eigenvalue weighted by Gasteiger charge is 2.34. The average molecular weight is 140 g/mol. The van der Waals surface area contributed by atoms with Crippen molar-refractivity contribution in [2.24, 2.45) is 11.8 Å². The van der Waals surface area contributed by atoms with Crippen LogP contribution in [0.5, 0.6) is 0 Å². The van der Waals surface area contributed by atoms with Gasteiger partial charge in [-0.2, -0.15) is 0 Å². The SMILES string of the molecule is CCC1CC2CCC1CO2. The number of hydrogen-bond acceptors (Lipinski definition) is 1. The lowest BCUT2D eigenvalue weighted by atomic mass is 9.75. The van der Waals surface area contributed by atoms with E-state index < -0.39 is 0 Å². The molecule has 0 aromatic heterocycles. The number of fused-ring (bicyclic) bond motifs is 3. The first-order valence-electron chi connectivity index (χ1n) is 4.51. The predicted octanol–water partition coefficient (Wildman–Crippen LogP) is 2.21. The minimum absolute atomic E-state index is 0.634. The summed E-state index contributed by atoms with van der Waals surface area (Å²) in [6.45, 7) is 3.37. The topological polar surface area (TPSA) is 9.23 Å². The van der Waals surface area contributed by atoms with Gasteiger partial charge in [0, 0.05) is 0 Å². The molecule has 10 heavy (non-hydrogen) atoms. The summed E-state index contributed by atoms with van der Waals surface area (Å²) in [5.41, 5.74) is 0. The van der Waals surface area contributed by atoms with E-state index in [1.54, 1.807) is 0 Å². The maximum Gasteiger partial charge on any atom is 0.0578 e. The third kappa shape index (κ3) is 0.968. The number of ether oxygens (including phenoxy) is 1. The first kappa shape index (κ1) is 6.66. The Morgan fingerprint density at radius 2 is 2.30 bits per heavy atom. The minimum Gasteiger partial charge on any atom is -0.378 e. The summed E-state index contributed by atoms with van der Waals surface area (Å²) in [4.78, 5) is 0. The Hall–Kier alpha value is -0.0400. The van der Waals surface area contributed by atoms with Crippen molar-refractivity contribution >= 4 is 0 Å². The van der Waals surface area contributed by atoms with Crippen molar-refractivity contribution in [2.45, 2.75) is 38.7 Å². The van der Waals surface area contributed by atoms with Gasteiger partial charge in [0.15, 0.2) is 0 Å². The summed E-state index contributed by atoms with van der Waals surface area (Å²) in [6, 6.07) is 0. The van der Waals surface area contributed by atoms with E-state index in [1.807, 2.05) is 0 Å². The Bertz CT molecular complexity index is 114. The molecule has 2 saturated heterocycles. The molecule has 0 spiro atoms. The smallest absolute Gasteiger partial charge is 0.0578 e. The molecule has 2 aliphatic heterocycles. The van der Waals surface area contributed by atoms with Gasteiger partial charge in [-0.05, 0) is 31.1 Å². The van der Waals surface area contributed by atoms with Crippen LogP contribution in [0, 0.1) is 11.8 Å². The van der Waals surface area contributed by atoms with E-state index >= 15 is 0 Å². The Labute approximate surface area is 62.8 Å². The van der Waals surface area contributed by atoms with Gasteiger partial charge in [-0.1, -0.05) is 13.3 Å². The van der Waals surface area contributed by atoms with E-state index in [9.17, 15) is 0 Å². The van der Waals surface area contributed by atoms with Gasteiger partial charge in [0.25, 0.3) is 0 Å². The molecule has 0 aromatic carbocycles. The van der Waals surface area contributed by atoms with Crippen LogP contribution in [-0.4, -0.2) is 12.7 Å². The Morgan fingerprint density at radius 3 is 2.60 bits per heavy atom. The van der Waals surface area contributed by atoms with Crippen LogP contribution in [0.25, 0.3) is 0 Å². The van der Waals surface area contributed by atoms with Gasteiger partial charge in [-0.25, -0.2) is 0 Å². The number of rotatable bonds is 1. The fraction of sp³-hybridized carbons (Fsp3) is 1.00. The number of hydrogen-bond donors (Lipinski definition) is 0. The zero-order valence-corrected chi connectivity index (χ0v) is 6.68. The predicted molar refractivity (Wildman–Crippen MR) is 40.9 cm³/mol. The average Bonchev–Trinajstić information content (AvgIpc) is 2.06. The maximum absolute atomic E-state index is 5.61. The third-order valence-electron chi connectivity index (χ3n) is 3.16. The zero-order chi connectivity index (χ0) is 6.97. The molecule has 1 aliphatic carbocycles. The second-order valence-corrected chi connectivity index (χ2v) is 3.70. The molecule has 0 radical (unpaired) electrons. The summed E-state index contributed by atoms with van der Waals surface area (Å²) < 4.78 is 5.61. The van der Waals surface area contributed by atoms with Crippen LogP contribution in [0.1, 0.15) is 32.6 Å². The summed E-state index contributed by atoms with van der Waals surface area (Å²) in [5.74, 6) is 1.91. The second-order valence-electron chi connectivity index (χ2n) is 3.70. The standard InChI is InChI=1S/C9H16O/c1-2-7-5-9-4-3-8(7)6-10-9/h7-9H,2-6H2,1H3. The highest BCUT2D eigenvalue weighted by molar-refractivity contribution is 4.84. The van der Waals surface area contributed by atoms with Gasteiger partial charge in [-0.3, -0.25) is 0 Å². The molecule has 3 rings (SSSR count). The molecule has 3 atom stereocenters. The molecular formula is C9H16O. The Morgan fingerprint density at radius 1 is 1.40 bits per heavy atom. The van der Waals surface area contributed by atoms with Crippen LogP contribution >= 0.6 is 0 Å². The molecule has 3 fully saturated rings. The summed E-state index contributed by atoms with van der Waals surface area (Å²) in [7, 11) is 0. The van der Waals surface area contributed by atoms with Crippen LogP contribution < -0.4 is 0 Å². The molecule has 1 saturated carbocycles. The maximum atomic E-state index is 5.61. The second kappa shape index (κ2) is 2.54. The molecule has 58 valence electrons. The molecule has 0 amide bonds. The first-order valence-corrected chi connectivity index (χ1v) is 4.51. The largest absolute Gasteiger partial charge is 0.378 e. The van der Waals surface area contributed by atoms with Crippen molar-refractivity contribution in [3.05, 3.63) is 0 Å². The highest BCUT2D eigenvalue weighted by Crippen LogP contribution is 2.38. The fourth-order valence-corrected chi connectivity index (χ4v) is 2.41. The van der Waals surface area contributed by atoms with E-state index in [-0.39, 0.29) is 0 Å². The van der Waals surface area contributed by atoms with Crippen molar-refractivity contribution in [3.8, 4) is 0 Å². The molecule has 0 aromatic rings. The monoisotopic (exact) mass is 140 g/mol. The van der Waals surface area contributed by atoms with Gasteiger partial charge in [0.1, 0.15) is 0 Å². The Balaban J connectivity index is 2.01. The van der Waals surface area contributed by atoms with Gasteiger partial charge in [0.05, 0.1) is 12.7 Å². The van der Waals surface area contributed by atoms with E-state index in [2.05, 4.69) is 6.92 Å². The van der Waals surface area contributed by atoms with Gasteiger partial charge in [-0.15, -0.1) is 0 Å². The van der Waals surface area contributed by atoms with Crippen molar-refractivity contribution < 1.29 is 4.74 Å². The minimum atomic E-state index is 0.634. The summed E-state index contributed by atoms with van der Waals surface area (Å²) in [6.07, 6.45) is 6.12. The molecule has 2 heterocycles. The van der Waals surface area contributed by atoms with E-state index in [1.165, 1.54) is 25.7 Å². The third-order valence-corrected chi connectivity index (χ3v) is 3.16. The van der Waals surface area contributed by atoms with Gasteiger partial charge in [0.2, 0.25) is 0 Å². The van der Waals surface area contributed by atoms with Gasteiger partial charge < -0.3 is 4.74 Å². The van der Waals surface area contributed by atoms with Crippen LogP contribution in [-0.2, 0) is 4.74 Å². The lowest BCUT2D eigenvalue weighted by Gasteiger charge is -2.41. The molecular weight excluding hydrogens is 124 g/mol. The van der Waals surface area contributed by atoms with Crippen LogP contribution in [0.2, 0.25) is 0 Å². The quantitative estimate of drug-likeness (QED) is 0.542. The van der Waals surface area contributed by atoms with Crippen LogP contribution in [0.4, 0.5) is 0 Å². The summed E-state index contributed by atoms with van der Waals surface area (Å²) >= 11 is 0. The first-order chi connectivity index (χ1) is 4.90. The summed E-state index contributed by atoms with van der Waals surface area (Å²) in [5, 5.41) is 0. The Kier molecular flexibility index (Phi) is 1.69. The van der Waals surface area contributed by atoms with E-state index in [4.69, 9.17) is 4.74 Å². The molecule has 0 N–H and O–H groups in total. The molecule has 3 unspecified atom stereocenters. The van der Waals surface area contributed by atoms with Crippen LogP contribution in [0.15, 0.2) is 0 Å². The molecule has 2 bridgehead atoms. The fourth-order valence-electron chi connectivity index (χ4n) is 2.41. The molecule has 3 aliphatic rings. The zero-order valence-electron chi connectivity index (χ0n) is 6.68. The van der Waals surface area contributed by atoms with E-state index in [0.717, 1.165) is 18.4 Å². The van der Waals surface area contributed by atoms with Crippen molar-refractivity contribution in [3.63, 3.8) is 0 Å². The normalized spacial score (nSPS) is 45.9. The van der Waals surface area contributed by atoms with E-state index in [0.29, 0.717) is 6.10 Å². The van der Waals surface area contributed by atoms with Crippen molar-refractivity contribution in [2.75, 3.05) is 6.61 Å².